The van der Waals surface area contributed by atoms with Gasteiger partial charge < -0.3 is 15.5 Å². The highest BCUT2D eigenvalue weighted by Crippen LogP contribution is 2.24. The maximum atomic E-state index is 11.9. The van der Waals surface area contributed by atoms with Crippen LogP contribution in [-0.4, -0.2) is 28.3 Å². The summed E-state index contributed by atoms with van der Waals surface area (Å²) >= 11 is 3.15. The van der Waals surface area contributed by atoms with Gasteiger partial charge in [-0.3, -0.25) is 4.79 Å². The zero-order valence-corrected chi connectivity index (χ0v) is 11.4. The van der Waals surface area contributed by atoms with E-state index in [-0.39, 0.29) is 18.3 Å². The number of halogens is 1. The predicted molar refractivity (Wildman–Crippen MR) is 69.1 cm³/mol. The van der Waals surface area contributed by atoms with Crippen LogP contribution < -0.4 is 5.32 Å². The fraction of sp³-hybridized carbons (Fsp3) is 0.417. The minimum Gasteiger partial charge on any atom is -0.507 e. The standard InChI is InChI=1S/C12H16BrNO3/c1-12(2,5-6-15)14-11(17)8-3-4-9(13)10(16)7-8/h3-4,7,15-16H,5-6H2,1-2H3,(H,14,17). The number of carbonyl (C=O) groups excluding carboxylic acids is 1. The van der Waals surface area contributed by atoms with Crippen LogP contribution in [0.3, 0.4) is 0 Å². The molecule has 0 spiro atoms. The minimum absolute atomic E-state index is 0.0128. The van der Waals surface area contributed by atoms with Gasteiger partial charge in [0.1, 0.15) is 5.75 Å². The van der Waals surface area contributed by atoms with Crippen LogP contribution in [0.25, 0.3) is 0 Å². The molecule has 5 heteroatoms. The maximum Gasteiger partial charge on any atom is 0.251 e. The third-order valence-electron chi connectivity index (χ3n) is 2.40. The summed E-state index contributed by atoms with van der Waals surface area (Å²) in [6, 6.07) is 4.63. The molecule has 0 saturated heterocycles. The van der Waals surface area contributed by atoms with E-state index < -0.39 is 5.54 Å². The zero-order chi connectivity index (χ0) is 13.1. The Kier molecular flexibility index (Phi) is 4.54. The van der Waals surface area contributed by atoms with Gasteiger partial charge in [-0.05, 0) is 54.4 Å². The van der Waals surface area contributed by atoms with Gasteiger partial charge in [-0.25, -0.2) is 0 Å². The number of phenolic OH excluding ortho intramolecular Hbond substituents is 1. The molecule has 0 aliphatic heterocycles. The Morgan fingerprint density at radius 2 is 2.12 bits per heavy atom. The van der Waals surface area contributed by atoms with Crippen LogP contribution in [0.1, 0.15) is 30.6 Å². The van der Waals surface area contributed by atoms with Gasteiger partial charge in [0.05, 0.1) is 4.47 Å². The number of phenols is 1. The Morgan fingerprint density at radius 1 is 1.47 bits per heavy atom. The first-order valence-corrected chi connectivity index (χ1v) is 6.07. The molecule has 17 heavy (non-hydrogen) atoms. The predicted octanol–water partition coefficient (Wildman–Crippen LogP) is 2.05. The Hall–Kier alpha value is -1.07. The number of aliphatic hydroxyl groups is 1. The molecule has 0 saturated carbocycles. The molecule has 94 valence electrons. The number of carbonyl (C=O) groups is 1. The molecule has 0 aliphatic carbocycles. The van der Waals surface area contributed by atoms with Crippen molar-refractivity contribution in [2.75, 3.05) is 6.61 Å². The third kappa shape index (κ3) is 4.02. The van der Waals surface area contributed by atoms with E-state index in [1.54, 1.807) is 12.1 Å². The molecule has 0 radical (unpaired) electrons. The van der Waals surface area contributed by atoms with E-state index in [2.05, 4.69) is 21.2 Å². The third-order valence-corrected chi connectivity index (χ3v) is 3.07. The molecule has 0 fully saturated rings. The van der Waals surface area contributed by atoms with Gasteiger partial charge in [0, 0.05) is 17.7 Å². The van der Waals surface area contributed by atoms with Crippen molar-refractivity contribution in [3.05, 3.63) is 28.2 Å². The molecular formula is C12H16BrNO3. The van der Waals surface area contributed by atoms with Crippen molar-refractivity contribution >= 4 is 21.8 Å². The van der Waals surface area contributed by atoms with Crippen LogP contribution in [0.2, 0.25) is 0 Å². The summed E-state index contributed by atoms with van der Waals surface area (Å²) in [5, 5.41) is 21.1. The summed E-state index contributed by atoms with van der Waals surface area (Å²) in [6.07, 6.45) is 0.473. The fourth-order valence-corrected chi connectivity index (χ4v) is 1.62. The summed E-state index contributed by atoms with van der Waals surface area (Å²) in [4.78, 5) is 11.9. The normalized spacial score (nSPS) is 11.3. The van der Waals surface area contributed by atoms with Gasteiger partial charge >= 0.3 is 0 Å². The van der Waals surface area contributed by atoms with E-state index in [9.17, 15) is 9.90 Å². The monoisotopic (exact) mass is 301 g/mol. The average molecular weight is 302 g/mol. The molecule has 3 N–H and O–H groups in total. The van der Waals surface area contributed by atoms with Crippen molar-refractivity contribution in [1.82, 2.24) is 5.32 Å². The molecule has 0 atom stereocenters. The molecule has 0 aliphatic rings. The van der Waals surface area contributed by atoms with Crippen molar-refractivity contribution in [2.24, 2.45) is 0 Å². The molecule has 1 rings (SSSR count). The Morgan fingerprint density at radius 3 is 2.65 bits per heavy atom. The highest BCUT2D eigenvalue weighted by molar-refractivity contribution is 9.10. The van der Waals surface area contributed by atoms with Crippen molar-refractivity contribution in [1.29, 1.82) is 0 Å². The van der Waals surface area contributed by atoms with Crippen molar-refractivity contribution in [3.63, 3.8) is 0 Å². The van der Waals surface area contributed by atoms with Gasteiger partial charge in [0.15, 0.2) is 0 Å². The van der Waals surface area contributed by atoms with Crippen LogP contribution in [0, 0.1) is 0 Å². The summed E-state index contributed by atoms with van der Waals surface area (Å²) < 4.78 is 0.545. The molecule has 1 aromatic carbocycles. The van der Waals surface area contributed by atoms with Crippen LogP contribution in [0.5, 0.6) is 5.75 Å². The highest BCUT2D eigenvalue weighted by Gasteiger charge is 2.20. The van der Waals surface area contributed by atoms with E-state index in [4.69, 9.17) is 5.11 Å². The number of amides is 1. The molecule has 0 bridgehead atoms. The second-order valence-electron chi connectivity index (χ2n) is 4.48. The van der Waals surface area contributed by atoms with Crippen LogP contribution in [-0.2, 0) is 0 Å². The summed E-state index contributed by atoms with van der Waals surface area (Å²) in [7, 11) is 0. The van der Waals surface area contributed by atoms with E-state index >= 15 is 0 Å². The lowest BCUT2D eigenvalue weighted by molar-refractivity contribution is 0.0899. The lowest BCUT2D eigenvalue weighted by atomic mass is 10.0. The largest absolute Gasteiger partial charge is 0.507 e. The lowest BCUT2D eigenvalue weighted by Gasteiger charge is -2.25. The Labute approximate surface area is 109 Å². The average Bonchev–Trinajstić information content (AvgIpc) is 2.21. The van der Waals surface area contributed by atoms with E-state index in [1.807, 2.05) is 13.8 Å². The number of hydrogen-bond donors (Lipinski definition) is 3. The number of aliphatic hydroxyl groups excluding tert-OH is 1. The number of benzene rings is 1. The Balaban J connectivity index is 2.80. The number of nitrogens with one attached hydrogen (secondary N) is 1. The fourth-order valence-electron chi connectivity index (χ4n) is 1.38. The van der Waals surface area contributed by atoms with Gasteiger partial charge in [-0.2, -0.15) is 0 Å². The number of rotatable bonds is 4. The second kappa shape index (κ2) is 5.51. The summed E-state index contributed by atoms with van der Waals surface area (Å²) in [5.41, 5.74) is -0.0918. The highest BCUT2D eigenvalue weighted by atomic mass is 79.9. The Bertz CT molecular complexity index is 418. The summed E-state index contributed by atoms with van der Waals surface area (Å²) in [5.74, 6) is -0.246. The van der Waals surface area contributed by atoms with Gasteiger partial charge in [-0.1, -0.05) is 0 Å². The number of hydrogen-bond acceptors (Lipinski definition) is 3. The second-order valence-corrected chi connectivity index (χ2v) is 5.33. The van der Waals surface area contributed by atoms with E-state index in [1.165, 1.54) is 6.07 Å². The maximum absolute atomic E-state index is 11.9. The van der Waals surface area contributed by atoms with E-state index in [0.717, 1.165) is 0 Å². The topological polar surface area (TPSA) is 69.6 Å². The summed E-state index contributed by atoms with van der Waals surface area (Å²) in [6.45, 7) is 3.68. The first kappa shape index (κ1) is 14.0. The quantitative estimate of drug-likeness (QED) is 0.797. The smallest absolute Gasteiger partial charge is 0.251 e. The van der Waals surface area contributed by atoms with Crippen molar-refractivity contribution in [3.8, 4) is 5.75 Å². The molecule has 1 aromatic rings. The van der Waals surface area contributed by atoms with Gasteiger partial charge in [0.25, 0.3) is 5.91 Å². The van der Waals surface area contributed by atoms with Crippen molar-refractivity contribution in [2.45, 2.75) is 25.8 Å². The molecule has 4 nitrogen and oxygen atoms in total. The molecular weight excluding hydrogens is 286 g/mol. The van der Waals surface area contributed by atoms with Gasteiger partial charge in [-0.15, -0.1) is 0 Å². The lowest BCUT2D eigenvalue weighted by Crippen LogP contribution is -2.44. The van der Waals surface area contributed by atoms with Crippen LogP contribution >= 0.6 is 15.9 Å². The molecule has 0 unspecified atom stereocenters. The minimum atomic E-state index is -0.478. The van der Waals surface area contributed by atoms with Crippen LogP contribution in [0.15, 0.2) is 22.7 Å². The zero-order valence-electron chi connectivity index (χ0n) is 9.83. The molecule has 0 aromatic heterocycles. The first-order valence-electron chi connectivity index (χ1n) is 5.27. The van der Waals surface area contributed by atoms with Crippen LogP contribution in [0.4, 0.5) is 0 Å². The SMILES string of the molecule is CC(C)(CCO)NC(=O)c1ccc(Br)c(O)c1. The van der Waals surface area contributed by atoms with Crippen molar-refractivity contribution < 1.29 is 15.0 Å². The number of aromatic hydroxyl groups is 1. The van der Waals surface area contributed by atoms with E-state index in [0.29, 0.717) is 16.5 Å². The molecule has 1 amide bonds. The van der Waals surface area contributed by atoms with Gasteiger partial charge in [0.2, 0.25) is 0 Å². The first-order chi connectivity index (χ1) is 7.85. The molecule has 0 heterocycles.